The van der Waals surface area contributed by atoms with Gasteiger partial charge in [0.15, 0.2) is 5.78 Å². The number of rotatable bonds is 5. The minimum absolute atomic E-state index is 0.142. The van der Waals surface area contributed by atoms with Crippen LogP contribution in [0.4, 0.5) is 0 Å². The third-order valence-electron chi connectivity index (χ3n) is 5.66. The average Bonchev–Trinajstić information content (AvgIpc) is 3.29. The number of H-pyrrole nitrogens is 1. The summed E-state index contributed by atoms with van der Waals surface area (Å²) < 4.78 is 1.51. The van der Waals surface area contributed by atoms with Gasteiger partial charge in [0, 0.05) is 17.3 Å². The second-order valence-corrected chi connectivity index (χ2v) is 7.92. The van der Waals surface area contributed by atoms with E-state index in [0.717, 1.165) is 16.8 Å². The van der Waals surface area contributed by atoms with Crippen LogP contribution >= 0.6 is 0 Å². The summed E-state index contributed by atoms with van der Waals surface area (Å²) in [5.41, 5.74) is 6.77. The van der Waals surface area contributed by atoms with Crippen LogP contribution in [0, 0.1) is 20.8 Å². The van der Waals surface area contributed by atoms with Crippen LogP contribution in [0.2, 0.25) is 0 Å². The fraction of sp³-hybridized carbons (Fsp3) is 0.226. The van der Waals surface area contributed by atoms with Crippen LogP contribution in [0.5, 0.6) is 5.75 Å². The van der Waals surface area contributed by atoms with E-state index < -0.39 is 0 Å². The largest absolute Gasteiger partial charge is 0.508 e. The third-order valence-corrected chi connectivity index (χ3v) is 5.66. The van der Waals surface area contributed by atoms with E-state index in [0.29, 0.717) is 11.3 Å². The van der Waals surface area contributed by atoms with Crippen molar-refractivity contribution in [2.24, 2.45) is 0 Å². The third kappa shape index (κ3) is 6.72. The standard InChI is InChI=1S/C27H24N2O3.2C2H6/c1-17-12-22(13-18(2)19(17)3)25-16-29(27(32)28-25)23-8-5-7-21(15-23)26(31)11-10-20-6-4-9-24(30)14-20;2*1-2/h4-16,30H,1-3H3,(H,28,32);2*1-2H3/b11-10+;;. The van der Waals surface area contributed by atoms with Gasteiger partial charge in [-0.3, -0.25) is 9.36 Å². The summed E-state index contributed by atoms with van der Waals surface area (Å²) in [5.74, 6) is -0.0491. The molecule has 0 aliphatic rings. The van der Waals surface area contributed by atoms with Crippen LogP contribution in [0.1, 0.15) is 60.3 Å². The van der Waals surface area contributed by atoms with Crippen molar-refractivity contribution in [2.75, 3.05) is 0 Å². The molecule has 36 heavy (non-hydrogen) atoms. The molecule has 4 aromatic rings. The molecule has 5 nitrogen and oxygen atoms in total. The first-order valence-electron chi connectivity index (χ1n) is 12.3. The number of benzene rings is 3. The molecule has 0 aliphatic carbocycles. The molecule has 0 aliphatic heterocycles. The highest BCUT2D eigenvalue weighted by atomic mass is 16.3. The molecule has 4 rings (SSSR count). The Hall–Kier alpha value is -4.12. The summed E-state index contributed by atoms with van der Waals surface area (Å²) in [7, 11) is 0. The number of aromatic hydroxyl groups is 1. The van der Waals surface area contributed by atoms with E-state index in [1.807, 2.05) is 27.7 Å². The quantitative estimate of drug-likeness (QED) is 0.229. The minimum atomic E-state index is -0.268. The van der Waals surface area contributed by atoms with Gasteiger partial charge in [0.1, 0.15) is 5.75 Å². The van der Waals surface area contributed by atoms with Crippen molar-refractivity contribution in [1.82, 2.24) is 9.55 Å². The van der Waals surface area contributed by atoms with Crippen LogP contribution in [0.25, 0.3) is 23.0 Å². The van der Waals surface area contributed by atoms with E-state index >= 15 is 0 Å². The Morgan fingerprint density at radius 3 is 2.17 bits per heavy atom. The summed E-state index contributed by atoms with van der Waals surface area (Å²) in [6.45, 7) is 14.2. The van der Waals surface area contributed by atoms with Crippen molar-refractivity contribution in [3.63, 3.8) is 0 Å². The second-order valence-electron chi connectivity index (χ2n) is 7.92. The average molecular weight is 485 g/mol. The number of allylic oxidation sites excluding steroid dienone is 1. The van der Waals surface area contributed by atoms with Crippen molar-refractivity contribution >= 4 is 11.9 Å². The number of imidazole rings is 1. The van der Waals surface area contributed by atoms with Gasteiger partial charge in [-0.25, -0.2) is 4.79 Å². The first-order valence-corrected chi connectivity index (χ1v) is 12.3. The number of nitrogens with one attached hydrogen (secondary N) is 1. The molecule has 0 bridgehead atoms. The van der Waals surface area contributed by atoms with Gasteiger partial charge in [0.25, 0.3) is 0 Å². The van der Waals surface area contributed by atoms with Crippen molar-refractivity contribution in [3.8, 4) is 22.7 Å². The highest BCUT2D eigenvalue weighted by molar-refractivity contribution is 6.07. The van der Waals surface area contributed by atoms with E-state index in [1.54, 1.807) is 60.8 Å². The molecule has 1 heterocycles. The van der Waals surface area contributed by atoms with Crippen molar-refractivity contribution < 1.29 is 9.90 Å². The molecule has 0 amide bonds. The Bertz CT molecular complexity index is 1380. The molecule has 3 aromatic carbocycles. The molecule has 188 valence electrons. The Labute approximate surface area is 213 Å². The maximum atomic E-state index is 12.7. The maximum Gasteiger partial charge on any atom is 0.330 e. The Balaban J connectivity index is 0.00000109. The lowest BCUT2D eigenvalue weighted by Gasteiger charge is -2.07. The molecule has 0 unspecified atom stereocenters. The zero-order valence-corrected chi connectivity index (χ0v) is 22.2. The number of carbonyl (C=O) groups is 1. The summed E-state index contributed by atoms with van der Waals surface area (Å²) in [4.78, 5) is 28.2. The van der Waals surface area contributed by atoms with E-state index in [1.165, 1.54) is 27.3 Å². The van der Waals surface area contributed by atoms with E-state index in [4.69, 9.17) is 0 Å². The highest BCUT2D eigenvalue weighted by Gasteiger charge is 2.11. The number of hydrogen-bond acceptors (Lipinski definition) is 3. The molecule has 0 saturated carbocycles. The number of aromatic amines is 1. The van der Waals surface area contributed by atoms with Gasteiger partial charge < -0.3 is 10.1 Å². The Kier molecular flexibility index (Phi) is 10.2. The number of phenols is 1. The molecule has 0 atom stereocenters. The topological polar surface area (TPSA) is 75.1 Å². The van der Waals surface area contributed by atoms with Crippen LogP contribution in [-0.2, 0) is 0 Å². The fourth-order valence-corrected chi connectivity index (χ4v) is 3.63. The van der Waals surface area contributed by atoms with Crippen LogP contribution in [-0.4, -0.2) is 20.4 Å². The van der Waals surface area contributed by atoms with Gasteiger partial charge in [-0.2, -0.15) is 0 Å². The van der Waals surface area contributed by atoms with Crippen LogP contribution in [0.3, 0.4) is 0 Å². The van der Waals surface area contributed by atoms with Crippen molar-refractivity contribution in [2.45, 2.75) is 48.5 Å². The van der Waals surface area contributed by atoms with Crippen molar-refractivity contribution in [3.05, 3.63) is 111 Å². The van der Waals surface area contributed by atoms with Gasteiger partial charge in [-0.1, -0.05) is 58.0 Å². The molecule has 5 heteroatoms. The number of nitrogens with zero attached hydrogens (tertiary/aromatic N) is 1. The number of hydrogen-bond donors (Lipinski definition) is 2. The molecule has 0 fully saturated rings. The van der Waals surface area contributed by atoms with E-state index in [-0.39, 0.29) is 17.2 Å². The summed E-state index contributed by atoms with van der Waals surface area (Å²) in [6.07, 6.45) is 4.87. The molecule has 2 N–H and O–H groups in total. The summed E-state index contributed by atoms with van der Waals surface area (Å²) in [5, 5.41) is 9.56. The lowest BCUT2D eigenvalue weighted by molar-refractivity contribution is 0.104. The van der Waals surface area contributed by atoms with Gasteiger partial charge >= 0.3 is 5.69 Å². The van der Waals surface area contributed by atoms with Crippen LogP contribution in [0.15, 0.2) is 77.7 Å². The van der Waals surface area contributed by atoms with Gasteiger partial charge in [-0.05, 0) is 85.5 Å². The minimum Gasteiger partial charge on any atom is -0.508 e. The first kappa shape index (κ1) is 28.1. The molecule has 0 saturated heterocycles. The molecular formula is C31H36N2O3. The summed E-state index contributed by atoms with van der Waals surface area (Å²) >= 11 is 0. The molecule has 0 spiro atoms. The maximum absolute atomic E-state index is 12.7. The smallest absolute Gasteiger partial charge is 0.330 e. The molecule has 0 radical (unpaired) electrons. The number of aromatic nitrogens is 2. The lowest BCUT2D eigenvalue weighted by Crippen LogP contribution is -2.14. The SMILES string of the molecule is CC.CC.Cc1cc(-c2cn(-c3cccc(C(=O)/C=C/c4cccc(O)c4)c3)c(=O)[nH]2)cc(C)c1C. The summed E-state index contributed by atoms with van der Waals surface area (Å²) in [6, 6.07) is 17.7. The second kappa shape index (κ2) is 13.1. The number of carbonyl (C=O) groups excluding carboxylic acids is 1. The number of aryl methyl sites for hydroxylation is 2. The fourth-order valence-electron chi connectivity index (χ4n) is 3.63. The predicted molar refractivity (Wildman–Crippen MR) is 150 cm³/mol. The highest BCUT2D eigenvalue weighted by Crippen LogP contribution is 2.24. The monoisotopic (exact) mass is 484 g/mol. The van der Waals surface area contributed by atoms with Crippen molar-refractivity contribution in [1.29, 1.82) is 0 Å². The lowest BCUT2D eigenvalue weighted by atomic mass is 9.99. The number of ketones is 1. The first-order chi connectivity index (χ1) is 17.3. The zero-order chi connectivity index (χ0) is 26.8. The predicted octanol–water partition coefficient (Wildman–Crippen LogP) is 7.41. The zero-order valence-electron chi connectivity index (χ0n) is 22.2. The van der Waals surface area contributed by atoms with E-state index in [2.05, 4.69) is 37.9 Å². The van der Waals surface area contributed by atoms with Gasteiger partial charge in [0.2, 0.25) is 0 Å². The van der Waals surface area contributed by atoms with Gasteiger partial charge in [-0.15, -0.1) is 0 Å². The van der Waals surface area contributed by atoms with Crippen LogP contribution < -0.4 is 5.69 Å². The Morgan fingerprint density at radius 2 is 1.53 bits per heavy atom. The molecule has 1 aromatic heterocycles. The number of phenolic OH excluding ortho intramolecular Hbond substituents is 1. The van der Waals surface area contributed by atoms with Gasteiger partial charge in [0.05, 0.1) is 11.4 Å². The molecular weight excluding hydrogens is 448 g/mol. The van der Waals surface area contributed by atoms with E-state index in [9.17, 15) is 14.7 Å². The Morgan fingerprint density at radius 1 is 0.889 bits per heavy atom. The normalized spacial score (nSPS) is 10.3.